The second-order valence-corrected chi connectivity index (χ2v) is 11.1. The fourth-order valence-electron chi connectivity index (χ4n) is 6.48. The predicted octanol–water partition coefficient (Wildman–Crippen LogP) is 4.71. The summed E-state index contributed by atoms with van der Waals surface area (Å²) < 4.78 is 0. The van der Waals surface area contributed by atoms with E-state index < -0.39 is 28.8 Å². The number of non-ortho nitro benzene ring substituents is 1. The van der Waals surface area contributed by atoms with Gasteiger partial charge < -0.3 is 0 Å². The molecule has 7 rings (SSSR count). The van der Waals surface area contributed by atoms with Gasteiger partial charge in [-0.25, -0.2) is 9.91 Å². The molecule has 0 spiro atoms. The Morgan fingerprint density at radius 1 is 0.932 bits per heavy atom. The summed E-state index contributed by atoms with van der Waals surface area (Å²) in [4.78, 5) is 52.1. The van der Waals surface area contributed by atoms with Gasteiger partial charge in [-0.3, -0.25) is 29.5 Å². The summed E-state index contributed by atoms with van der Waals surface area (Å²) in [5.74, 6) is -1.56. The van der Waals surface area contributed by atoms with E-state index in [9.17, 15) is 24.5 Å². The number of carbonyl (C=O) groups is 3. The minimum absolute atomic E-state index is 0.00494. The number of amides is 3. The summed E-state index contributed by atoms with van der Waals surface area (Å²) in [6, 6.07) is 22.4. The van der Waals surface area contributed by atoms with Gasteiger partial charge >= 0.3 is 0 Å². The Morgan fingerprint density at radius 3 is 2.34 bits per heavy atom. The number of nitro benzene ring substituents is 1. The Morgan fingerprint density at radius 2 is 1.64 bits per heavy atom. The van der Waals surface area contributed by atoms with Crippen LogP contribution in [0.15, 0.2) is 106 Å². The molecule has 12 nitrogen and oxygen atoms in total. The third kappa shape index (κ3) is 4.64. The topological polar surface area (TPSA) is 141 Å². The molecule has 4 aliphatic rings. The van der Waals surface area contributed by atoms with Crippen LogP contribution in [0.25, 0.3) is 6.08 Å². The summed E-state index contributed by atoms with van der Waals surface area (Å²) in [6.45, 7) is -0.303. The van der Waals surface area contributed by atoms with Crippen molar-refractivity contribution in [2.45, 2.75) is 37.4 Å². The summed E-state index contributed by atoms with van der Waals surface area (Å²) >= 11 is 0. The molecule has 0 aromatic heterocycles. The van der Waals surface area contributed by atoms with Gasteiger partial charge in [0.05, 0.1) is 22.4 Å². The van der Waals surface area contributed by atoms with Gasteiger partial charge in [-0.2, -0.15) is 10.2 Å². The molecule has 0 radical (unpaired) electrons. The number of rotatable bonds is 6. The SMILES string of the molecule is O=C1[C@H]2N=NN(CC(=O)N3N=C4/C(=C/c5ccccc5)CCC[C@@H]4[C@H]3c3ccccc3)[C@H]2C(=O)N1c1ccc([N+](=O)[O-])cc1. The van der Waals surface area contributed by atoms with Crippen LogP contribution in [0.3, 0.4) is 0 Å². The molecule has 3 aromatic carbocycles. The van der Waals surface area contributed by atoms with E-state index >= 15 is 0 Å². The molecule has 0 bridgehead atoms. The van der Waals surface area contributed by atoms with E-state index in [1.165, 1.54) is 34.3 Å². The average molecular weight is 590 g/mol. The van der Waals surface area contributed by atoms with Crippen LogP contribution in [-0.2, 0) is 14.4 Å². The molecule has 4 atom stereocenters. The van der Waals surface area contributed by atoms with Crippen molar-refractivity contribution in [1.29, 1.82) is 0 Å². The first kappa shape index (κ1) is 27.3. The molecule has 44 heavy (non-hydrogen) atoms. The van der Waals surface area contributed by atoms with E-state index in [0.29, 0.717) is 0 Å². The van der Waals surface area contributed by atoms with Crippen molar-refractivity contribution in [2.75, 3.05) is 11.4 Å². The number of carbonyl (C=O) groups excluding carboxylic acids is 3. The molecule has 12 heteroatoms. The van der Waals surface area contributed by atoms with Crippen LogP contribution in [0.1, 0.15) is 36.4 Å². The molecule has 3 aromatic rings. The van der Waals surface area contributed by atoms with E-state index in [1.54, 1.807) is 0 Å². The quantitative estimate of drug-likeness (QED) is 0.232. The number of nitro groups is 1. The van der Waals surface area contributed by atoms with E-state index in [0.717, 1.165) is 46.6 Å². The first-order valence-electron chi connectivity index (χ1n) is 14.4. The Bertz CT molecular complexity index is 1740. The molecule has 1 saturated carbocycles. The Balaban J connectivity index is 1.16. The highest BCUT2D eigenvalue weighted by Crippen LogP contribution is 2.44. The van der Waals surface area contributed by atoms with Crippen molar-refractivity contribution in [3.8, 4) is 0 Å². The zero-order valence-corrected chi connectivity index (χ0v) is 23.5. The molecular formula is C32H27N7O5. The number of fused-ring (bicyclic) bond motifs is 2. The molecule has 1 saturated heterocycles. The van der Waals surface area contributed by atoms with Gasteiger partial charge in [0, 0.05) is 18.1 Å². The summed E-state index contributed by atoms with van der Waals surface area (Å²) in [5.41, 5.74) is 4.04. The van der Waals surface area contributed by atoms with Gasteiger partial charge in [0.25, 0.3) is 23.4 Å². The van der Waals surface area contributed by atoms with Crippen molar-refractivity contribution in [2.24, 2.45) is 21.4 Å². The Labute approximate surface area is 252 Å². The van der Waals surface area contributed by atoms with Crippen molar-refractivity contribution >= 4 is 40.9 Å². The summed E-state index contributed by atoms with van der Waals surface area (Å²) in [5, 5.41) is 26.8. The zero-order valence-electron chi connectivity index (χ0n) is 23.5. The average Bonchev–Trinajstić information content (AvgIpc) is 3.71. The number of hydrogen-bond donors (Lipinski definition) is 0. The second kappa shape index (κ2) is 11.0. The summed E-state index contributed by atoms with van der Waals surface area (Å²) in [6.07, 6.45) is 4.83. The lowest BCUT2D eigenvalue weighted by Crippen LogP contribution is -2.45. The highest BCUT2D eigenvalue weighted by Gasteiger charge is 2.55. The first-order valence-corrected chi connectivity index (χ1v) is 14.4. The lowest BCUT2D eigenvalue weighted by atomic mass is 9.77. The largest absolute Gasteiger partial charge is 0.271 e. The van der Waals surface area contributed by atoms with Crippen LogP contribution in [0.2, 0.25) is 0 Å². The highest BCUT2D eigenvalue weighted by atomic mass is 16.6. The minimum Gasteiger partial charge on any atom is -0.271 e. The molecule has 3 aliphatic heterocycles. The van der Waals surface area contributed by atoms with Crippen LogP contribution in [0.5, 0.6) is 0 Å². The fourth-order valence-corrected chi connectivity index (χ4v) is 6.48. The van der Waals surface area contributed by atoms with Gasteiger partial charge in [0.15, 0.2) is 12.1 Å². The standard InChI is InChI=1S/C32H27N7O5/c40-26(19-36-30-28(33-35-36)31(41)37(32(30)42)23-14-16-24(17-15-23)39(43)44)38-29(21-10-5-2-6-11-21)25-13-7-12-22(27(25)34-38)18-20-8-3-1-4-9-20/h1-6,8-11,14-18,25,28-30H,7,12-13,19H2/b22-18+/t25-,28-,29+,30+/m0/s1. The normalized spacial score (nSPS) is 25.0. The maximum atomic E-state index is 14.0. The third-order valence-electron chi connectivity index (χ3n) is 8.51. The molecule has 3 amide bonds. The van der Waals surface area contributed by atoms with E-state index in [1.807, 2.05) is 60.7 Å². The molecular weight excluding hydrogens is 562 g/mol. The van der Waals surface area contributed by atoms with Crippen molar-refractivity contribution < 1.29 is 19.3 Å². The summed E-state index contributed by atoms with van der Waals surface area (Å²) in [7, 11) is 0. The number of anilines is 1. The van der Waals surface area contributed by atoms with Crippen LogP contribution in [0.4, 0.5) is 11.4 Å². The van der Waals surface area contributed by atoms with Crippen molar-refractivity contribution in [3.05, 3.63) is 112 Å². The highest BCUT2D eigenvalue weighted by molar-refractivity contribution is 6.25. The number of benzene rings is 3. The number of hydrogen-bond acceptors (Lipinski definition) is 9. The Hall–Kier alpha value is -5.52. The molecule has 1 aliphatic carbocycles. The first-order chi connectivity index (χ1) is 21.4. The minimum atomic E-state index is -1.11. The van der Waals surface area contributed by atoms with Crippen molar-refractivity contribution in [3.63, 3.8) is 0 Å². The molecule has 3 heterocycles. The number of allylic oxidation sites excluding steroid dienone is 1. The van der Waals surface area contributed by atoms with Gasteiger partial charge in [-0.05, 0) is 54.2 Å². The van der Waals surface area contributed by atoms with Gasteiger partial charge in [-0.1, -0.05) is 65.9 Å². The molecule has 0 N–H and O–H groups in total. The van der Waals surface area contributed by atoms with E-state index in [2.05, 4.69) is 16.4 Å². The molecule has 0 unspecified atom stereocenters. The lowest BCUT2D eigenvalue weighted by molar-refractivity contribution is -0.384. The third-order valence-corrected chi connectivity index (χ3v) is 8.51. The predicted molar refractivity (Wildman–Crippen MR) is 160 cm³/mol. The Kier molecular flexibility index (Phi) is 6.80. The zero-order chi connectivity index (χ0) is 30.4. The molecule has 2 fully saturated rings. The number of nitrogens with zero attached hydrogens (tertiary/aromatic N) is 7. The van der Waals surface area contributed by atoms with Gasteiger partial charge in [-0.15, -0.1) is 0 Å². The van der Waals surface area contributed by atoms with Crippen molar-refractivity contribution in [1.82, 2.24) is 10.0 Å². The fraction of sp³-hybridized carbons (Fsp3) is 0.250. The van der Waals surface area contributed by atoms with Crippen LogP contribution >= 0.6 is 0 Å². The van der Waals surface area contributed by atoms with Crippen LogP contribution in [-0.4, -0.2) is 57.0 Å². The maximum absolute atomic E-state index is 14.0. The lowest BCUT2D eigenvalue weighted by Gasteiger charge is -2.30. The molecule has 220 valence electrons. The van der Waals surface area contributed by atoms with Crippen LogP contribution in [0, 0.1) is 16.0 Å². The maximum Gasteiger partial charge on any atom is 0.269 e. The smallest absolute Gasteiger partial charge is 0.269 e. The second-order valence-electron chi connectivity index (χ2n) is 11.1. The van der Waals surface area contributed by atoms with Crippen LogP contribution < -0.4 is 4.90 Å². The van der Waals surface area contributed by atoms with E-state index in [-0.39, 0.29) is 35.8 Å². The monoisotopic (exact) mass is 589 g/mol. The number of hydrazone groups is 1. The van der Waals surface area contributed by atoms with Gasteiger partial charge in [0.2, 0.25) is 0 Å². The number of imide groups is 1. The van der Waals surface area contributed by atoms with E-state index in [4.69, 9.17) is 5.10 Å². The van der Waals surface area contributed by atoms with Gasteiger partial charge in [0.1, 0.15) is 6.54 Å².